The topological polar surface area (TPSA) is 107 Å². The van der Waals surface area contributed by atoms with E-state index in [1.165, 1.54) is 4.90 Å². The van der Waals surface area contributed by atoms with Crippen LogP contribution in [-0.4, -0.2) is 51.3 Å². The van der Waals surface area contributed by atoms with E-state index in [1.807, 2.05) is 24.4 Å². The molecular formula is C23H26N2O5. The van der Waals surface area contributed by atoms with E-state index in [0.717, 1.165) is 16.5 Å². The molecule has 0 spiro atoms. The van der Waals surface area contributed by atoms with Crippen LogP contribution in [0.4, 0.5) is 0 Å². The number of aliphatic hydroxyl groups excluding tert-OH is 1. The number of carbonyl (C=O) groups excluding carboxylic acids is 1. The van der Waals surface area contributed by atoms with Crippen molar-refractivity contribution in [2.24, 2.45) is 0 Å². The second-order valence-electron chi connectivity index (χ2n) is 8.09. The maximum atomic E-state index is 12.9. The SMILES string of the molecule is Cc1cc(CCc2c[nH]c3ccccc23)oc(=O)c1C(=O)N1CCC(O)(CO)CC1. The first-order valence-electron chi connectivity index (χ1n) is 10.2. The number of nitrogens with one attached hydrogen (secondary N) is 1. The number of hydrogen-bond acceptors (Lipinski definition) is 5. The fourth-order valence-corrected chi connectivity index (χ4v) is 4.09. The molecule has 0 atom stereocenters. The van der Waals surface area contributed by atoms with E-state index in [4.69, 9.17) is 4.42 Å². The highest BCUT2D eigenvalue weighted by Crippen LogP contribution is 2.23. The van der Waals surface area contributed by atoms with Gasteiger partial charge in [-0.05, 0) is 49.4 Å². The highest BCUT2D eigenvalue weighted by molar-refractivity contribution is 5.95. The third kappa shape index (κ3) is 3.91. The number of H-pyrrole nitrogens is 1. The summed E-state index contributed by atoms with van der Waals surface area (Å²) in [5.41, 5.74) is 1.07. The lowest BCUT2D eigenvalue weighted by Crippen LogP contribution is -2.49. The first kappa shape index (κ1) is 20.4. The highest BCUT2D eigenvalue weighted by Gasteiger charge is 2.34. The normalized spacial score (nSPS) is 16.2. The van der Waals surface area contributed by atoms with E-state index in [9.17, 15) is 19.8 Å². The summed E-state index contributed by atoms with van der Waals surface area (Å²) in [6.07, 6.45) is 3.80. The first-order chi connectivity index (χ1) is 14.4. The Labute approximate surface area is 173 Å². The van der Waals surface area contributed by atoms with Crippen LogP contribution in [0, 0.1) is 6.92 Å². The Morgan fingerprint density at radius 2 is 1.97 bits per heavy atom. The molecule has 0 radical (unpaired) electrons. The number of hydrogen-bond donors (Lipinski definition) is 3. The van der Waals surface area contributed by atoms with Crippen LogP contribution >= 0.6 is 0 Å². The molecule has 2 aromatic heterocycles. The minimum Gasteiger partial charge on any atom is -0.427 e. The lowest BCUT2D eigenvalue weighted by Gasteiger charge is -2.36. The standard InChI is InChI=1S/C23H26N2O5/c1-15-12-17(7-6-16-13-24-19-5-3-2-4-18(16)19)30-22(28)20(15)21(27)25-10-8-23(29,14-26)9-11-25/h2-5,12-13,24,26,29H,6-11,14H2,1H3. The van der Waals surface area contributed by atoms with Crippen molar-refractivity contribution in [1.82, 2.24) is 9.88 Å². The summed E-state index contributed by atoms with van der Waals surface area (Å²) < 4.78 is 5.47. The second-order valence-corrected chi connectivity index (χ2v) is 8.09. The zero-order valence-corrected chi connectivity index (χ0v) is 17.0. The number of nitrogens with zero attached hydrogens (tertiary/aromatic N) is 1. The molecular weight excluding hydrogens is 384 g/mol. The molecule has 7 nitrogen and oxygen atoms in total. The molecule has 3 N–H and O–H groups in total. The molecule has 158 valence electrons. The summed E-state index contributed by atoms with van der Waals surface area (Å²) >= 11 is 0. The van der Waals surface area contributed by atoms with E-state index < -0.39 is 11.2 Å². The maximum absolute atomic E-state index is 12.9. The van der Waals surface area contributed by atoms with Gasteiger partial charge in [0.15, 0.2) is 0 Å². The summed E-state index contributed by atoms with van der Waals surface area (Å²) in [7, 11) is 0. The van der Waals surface area contributed by atoms with E-state index in [-0.39, 0.29) is 44.0 Å². The Balaban J connectivity index is 1.48. The van der Waals surface area contributed by atoms with Gasteiger partial charge >= 0.3 is 5.63 Å². The Morgan fingerprint density at radius 1 is 1.23 bits per heavy atom. The van der Waals surface area contributed by atoms with Gasteiger partial charge in [0, 0.05) is 36.6 Å². The van der Waals surface area contributed by atoms with Crippen molar-refractivity contribution >= 4 is 16.8 Å². The smallest absolute Gasteiger partial charge is 0.349 e. The quantitative estimate of drug-likeness (QED) is 0.598. The number of amides is 1. The molecule has 1 aromatic carbocycles. The summed E-state index contributed by atoms with van der Waals surface area (Å²) in [5.74, 6) is 0.164. The minimum absolute atomic E-state index is 0.0419. The number of para-hydroxylation sites is 1. The molecule has 1 aliphatic rings. The number of fused-ring (bicyclic) bond motifs is 1. The third-order valence-electron chi connectivity index (χ3n) is 6.00. The van der Waals surface area contributed by atoms with Gasteiger partial charge in [0.05, 0.1) is 12.2 Å². The molecule has 0 bridgehead atoms. The van der Waals surface area contributed by atoms with E-state index in [1.54, 1.807) is 13.0 Å². The number of aryl methyl sites for hydroxylation is 3. The first-order valence-corrected chi connectivity index (χ1v) is 10.2. The van der Waals surface area contributed by atoms with Crippen molar-refractivity contribution in [3.05, 3.63) is 69.4 Å². The molecule has 30 heavy (non-hydrogen) atoms. The van der Waals surface area contributed by atoms with Gasteiger partial charge in [0.2, 0.25) is 0 Å². The van der Waals surface area contributed by atoms with Crippen LogP contribution in [0.2, 0.25) is 0 Å². The molecule has 1 fully saturated rings. The number of benzene rings is 1. The number of carbonyl (C=O) groups is 1. The van der Waals surface area contributed by atoms with Crippen LogP contribution in [0.25, 0.3) is 10.9 Å². The molecule has 0 saturated carbocycles. The van der Waals surface area contributed by atoms with Gasteiger partial charge in [0.1, 0.15) is 11.3 Å². The number of likely N-dealkylation sites (tertiary alicyclic amines) is 1. The minimum atomic E-state index is -1.15. The van der Waals surface area contributed by atoms with E-state index in [0.29, 0.717) is 24.2 Å². The number of piperidine rings is 1. The Bertz CT molecular complexity index is 1120. The molecule has 1 amide bonds. The summed E-state index contributed by atoms with van der Waals surface area (Å²) in [5, 5.41) is 20.5. The molecule has 3 heterocycles. The zero-order chi connectivity index (χ0) is 21.3. The van der Waals surface area contributed by atoms with E-state index >= 15 is 0 Å². The van der Waals surface area contributed by atoms with Gasteiger partial charge in [-0.1, -0.05) is 18.2 Å². The van der Waals surface area contributed by atoms with Crippen LogP contribution < -0.4 is 5.63 Å². The van der Waals surface area contributed by atoms with Crippen molar-refractivity contribution < 1.29 is 19.4 Å². The fraction of sp³-hybridized carbons (Fsp3) is 0.391. The molecule has 0 unspecified atom stereocenters. The molecule has 7 heteroatoms. The molecule has 4 rings (SSSR count). The Hall–Kier alpha value is -2.90. The Morgan fingerprint density at radius 3 is 2.67 bits per heavy atom. The van der Waals surface area contributed by atoms with Gasteiger partial charge in [-0.3, -0.25) is 4.79 Å². The second kappa shape index (κ2) is 8.08. The zero-order valence-electron chi connectivity index (χ0n) is 17.0. The maximum Gasteiger partial charge on any atom is 0.349 e. The van der Waals surface area contributed by atoms with Gasteiger partial charge in [0.25, 0.3) is 5.91 Å². The predicted molar refractivity (Wildman–Crippen MR) is 113 cm³/mol. The van der Waals surface area contributed by atoms with Crippen molar-refractivity contribution in [3.8, 4) is 0 Å². The van der Waals surface area contributed by atoms with E-state index in [2.05, 4.69) is 11.1 Å². The van der Waals surface area contributed by atoms with Crippen LogP contribution in [0.15, 0.2) is 45.7 Å². The van der Waals surface area contributed by atoms with Crippen molar-refractivity contribution in [2.45, 2.75) is 38.2 Å². The molecule has 3 aromatic rings. The third-order valence-corrected chi connectivity index (χ3v) is 6.00. The van der Waals surface area contributed by atoms with Crippen LogP contribution in [0.5, 0.6) is 0 Å². The monoisotopic (exact) mass is 410 g/mol. The lowest BCUT2D eigenvalue weighted by atomic mass is 9.92. The Kier molecular flexibility index (Phi) is 5.49. The average molecular weight is 410 g/mol. The predicted octanol–water partition coefficient (Wildman–Crippen LogP) is 2.17. The largest absolute Gasteiger partial charge is 0.427 e. The van der Waals surface area contributed by atoms with Crippen LogP contribution in [0.3, 0.4) is 0 Å². The van der Waals surface area contributed by atoms with Crippen LogP contribution in [-0.2, 0) is 12.8 Å². The fourth-order valence-electron chi connectivity index (χ4n) is 4.09. The van der Waals surface area contributed by atoms with Crippen molar-refractivity contribution in [1.29, 1.82) is 0 Å². The van der Waals surface area contributed by atoms with Gasteiger partial charge in [-0.25, -0.2) is 4.79 Å². The average Bonchev–Trinajstić information content (AvgIpc) is 3.15. The number of rotatable bonds is 5. The number of aromatic nitrogens is 1. The molecule has 1 aliphatic heterocycles. The van der Waals surface area contributed by atoms with Crippen molar-refractivity contribution in [3.63, 3.8) is 0 Å². The number of aromatic amines is 1. The summed E-state index contributed by atoms with van der Waals surface area (Å²) in [6, 6.07) is 9.81. The van der Waals surface area contributed by atoms with Crippen molar-refractivity contribution in [2.75, 3.05) is 19.7 Å². The molecule has 1 saturated heterocycles. The number of aliphatic hydroxyl groups is 2. The van der Waals surface area contributed by atoms with Gasteiger partial charge in [-0.15, -0.1) is 0 Å². The summed E-state index contributed by atoms with van der Waals surface area (Å²) in [4.78, 5) is 30.2. The molecule has 0 aliphatic carbocycles. The van der Waals surface area contributed by atoms with Gasteiger partial charge < -0.3 is 24.5 Å². The van der Waals surface area contributed by atoms with Gasteiger partial charge in [-0.2, -0.15) is 0 Å². The lowest BCUT2D eigenvalue weighted by molar-refractivity contribution is -0.0546. The summed E-state index contributed by atoms with van der Waals surface area (Å²) in [6.45, 7) is 1.99. The van der Waals surface area contributed by atoms with Crippen LogP contribution in [0.1, 0.15) is 40.1 Å². The highest BCUT2D eigenvalue weighted by atomic mass is 16.4.